The number of carbonyl (C=O) groups excluding carboxylic acids is 1. The fourth-order valence-electron chi connectivity index (χ4n) is 1.56. The Balaban J connectivity index is 5.50. The third kappa shape index (κ3) is 4.87. The number of hydrogen-bond donors (Lipinski definition) is 2. The van der Waals surface area contributed by atoms with Crippen molar-refractivity contribution in [2.75, 3.05) is 6.61 Å². The SMILES string of the molecule is C=C/C=C(\C=C)COC(CCC=C)(C(=O)NN)C(F)(F)F. The third-order valence-electron chi connectivity index (χ3n) is 2.74. The van der Waals surface area contributed by atoms with Crippen molar-refractivity contribution in [3.8, 4) is 0 Å². The van der Waals surface area contributed by atoms with Crippen LogP contribution in [-0.2, 0) is 9.53 Å². The van der Waals surface area contributed by atoms with Gasteiger partial charge in [0.25, 0.3) is 5.91 Å². The van der Waals surface area contributed by atoms with Gasteiger partial charge in [0.15, 0.2) is 0 Å². The summed E-state index contributed by atoms with van der Waals surface area (Å²) in [5, 5.41) is 0. The standard InChI is InChI=1S/C14H19F3N2O2/c1-4-7-9-13(12(20)19-18,14(15,16)17)21-10-11(6-3)8-5-2/h4-6,8H,1-3,7,9-10,18H2,(H,19,20)/b11-8+. The molecule has 0 aromatic heterocycles. The molecule has 0 heterocycles. The summed E-state index contributed by atoms with van der Waals surface area (Å²) in [6.07, 6.45) is -0.230. The molecule has 21 heavy (non-hydrogen) atoms. The van der Waals surface area contributed by atoms with E-state index in [1.165, 1.54) is 29.7 Å². The van der Waals surface area contributed by atoms with Gasteiger partial charge in [0.2, 0.25) is 5.60 Å². The van der Waals surface area contributed by atoms with Crippen LogP contribution in [0.4, 0.5) is 13.2 Å². The number of carbonyl (C=O) groups is 1. The number of amides is 1. The maximum atomic E-state index is 13.3. The van der Waals surface area contributed by atoms with Crippen LogP contribution in [0, 0.1) is 0 Å². The van der Waals surface area contributed by atoms with E-state index in [2.05, 4.69) is 19.7 Å². The van der Waals surface area contributed by atoms with Crippen LogP contribution < -0.4 is 11.3 Å². The van der Waals surface area contributed by atoms with Crippen molar-refractivity contribution >= 4 is 5.91 Å². The van der Waals surface area contributed by atoms with Gasteiger partial charge < -0.3 is 4.74 Å². The summed E-state index contributed by atoms with van der Waals surface area (Å²) in [7, 11) is 0. The van der Waals surface area contributed by atoms with Crippen molar-refractivity contribution in [2.24, 2.45) is 5.84 Å². The second-order valence-corrected chi connectivity index (χ2v) is 4.10. The van der Waals surface area contributed by atoms with E-state index in [0.29, 0.717) is 5.57 Å². The molecule has 1 amide bonds. The van der Waals surface area contributed by atoms with Crippen LogP contribution in [0.3, 0.4) is 0 Å². The van der Waals surface area contributed by atoms with Crippen LogP contribution in [0.1, 0.15) is 12.8 Å². The normalized spacial score (nSPS) is 15.0. The Labute approximate surface area is 121 Å². The minimum absolute atomic E-state index is 0.0679. The molecule has 0 aliphatic heterocycles. The van der Waals surface area contributed by atoms with Gasteiger partial charge in [0, 0.05) is 0 Å². The molecule has 0 saturated carbocycles. The molecular formula is C14H19F3N2O2. The zero-order valence-corrected chi connectivity index (χ0v) is 11.6. The van der Waals surface area contributed by atoms with Crippen LogP contribution in [-0.4, -0.2) is 24.3 Å². The molecule has 0 bridgehead atoms. The summed E-state index contributed by atoms with van der Waals surface area (Å²) >= 11 is 0. The van der Waals surface area contributed by atoms with Crippen LogP contribution >= 0.6 is 0 Å². The van der Waals surface area contributed by atoms with E-state index in [1.807, 2.05) is 0 Å². The molecule has 0 fully saturated rings. The van der Waals surface area contributed by atoms with Crippen molar-refractivity contribution in [3.05, 3.63) is 49.6 Å². The van der Waals surface area contributed by atoms with E-state index in [4.69, 9.17) is 10.6 Å². The van der Waals surface area contributed by atoms with Gasteiger partial charge in [-0.05, 0) is 18.4 Å². The Bertz CT molecular complexity index is 430. The van der Waals surface area contributed by atoms with E-state index in [1.54, 1.807) is 0 Å². The third-order valence-corrected chi connectivity index (χ3v) is 2.74. The fourth-order valence-corrected chi connectivity index (χ4v) is 1.56. The van der Waals surface area contributed by atoms with Crippen molar-refractivity contribution in [1.82, 2.24) is 5.43 Å². The molecule has 0 spiro atoms. The lowest BCUT2D eigenvalue weighted by Gasteiger charge is -2.33. The minimum Gasteiger partial charge on any atom is -0.352 e. The summed E-state index contributed by atoms with van der Waals surface area (Å²) in [5.74, 6) is 3.41. The highest BCUT2D eigenvalue weighted by molar-refractivity contribution is 5.85. The summed E-state index contributed by atoms with van der Waals surface area (Å²) in [4.78, 5) is 11.7. The van der Waals surface area contributed by atoms with E-state index >= 15 is 0 Å². The van der Waals surface area contributed by atoms with Gasteiger partial charge in [-0.2, -0.15) is 13.2 Å². The number of nitrogens with one attached hydrogen (secondary N) is 1. The first-order valence-electron chi connectivity index (χ1n) is 6.05. The number of hydrogen-bond acceptors (Lipinski definition) is 3. The number of allylic oxidation sites excluding steroid dienone is 3. The predicted octanol–water partition coefficient (Wildman–Crippen LogP) is 2.56. The zero-order chi connectivity index (χ0) is 16.5. The minimum atomic E-state index is -4.93. The lowest BCUT2D eigenvalue weighted by Crippen LogP contribution is -2.60. The Hall–Kier alpha value is -1.86. The average molecular weight is 304 g/mol. The molecule has 0 aliphatic carbocycles. The number of hydrazine groups is 1. The van der Waals surface area contributed by atoms with E-state index in [0.717, 1.165) is 0 Å². The van der Waals surface area contributed by atoms with Crippen LogP contribution in [0.2, 0.25) is 0 Å². The molecule has 0 radical (unpaired) electrons. The molecule has 0 aliphatic rings. The molecule has 0 rings (SSSR count). The smallest absolute Gasteiger partial charge is 0.352 e. The Morgan fingerprint density at radius 3 is 2.29 bits per heavy atom. The molecule has 4 nitrogen and oxygen atoms in total. The molecule has 1 atom stereocenters. The number of halogens is 3. The quantitative estimate of drug-likeness (QED) is 0.226. The largest absolute Gasteiger partial charge is 0.426 e. The lowest BCUT2D eigenvalue weighted by atomic mass is 9.95. The van der Waals surface area contributed by atoms with Gasteiger partial charge in [-0.3, -0.25) is 10.2 Å². The maximum Gasteiger partial charge on any atom is 0.426 e. The first-order chi connectivity index (χ1) is 9.78. The highest BCUT2D eigenvalue weighted by atomic mass is 19.4. The van der Waals surface area contributed by atoms with Crippen molar-refractivity contribution in [3.63, 3.8) is 0 Å². The number of nitrogens with two attached hydrogens (primary N) is 1. The molecule has 0 aromatic rings. The monoisotopic (exact) mass is 304 g/mol. The van der Waals surface area contributed by atoms with Gasteiger partial charge in [-0.1, -0.05) is 37.5 Å². The first kappa shape index (κ1) is 19.1. The molecule has 3 N–H and O–H groups in total. The molecule has 0 saturated heterocycles. The number of ether oxygens (including phenoxy) is 1. The number of rotatable bonds is 9. The first-order valence-corrected chi connectivity index (χ1v) is 6.05. The van der Waals surface area contributed by atoms with Gasteiger partial charge >= 0.3 is 6.18 Å². The summed E-state index contributed by atoms with van der Waals surface area (Å²) in [6, 6.07) is 0. The van der Waals surface area contributed by atoms with Gasteiger partial charge in [0.05, 0.1) is 6.61 Å². The Kier molecular flexibility index (Phi) is 7.69. The predicted molar refractivity (Wildman–Crippen MR) is 75.0 cm³/mol. The molecule has 118 valence electrons. The number of alkyl halides is 3. The Morgan fingerprint density at radius 1 is 1.29 bits per heavy atom. The molecular weight excluding hydrogens is 285 g/mol. The Morgan fingerprint density at radius 2 is 1.90 bits per heavy atom. The van der Waals surface area contributed by atoms with Crippen molar-refractivity contribution < 1.29 is 22.7 Å². The molecule has 0 aromatic carbocycles. The molecule has 7 heteroatoms. The van der Waals surface area contributed by atoms with Gasteiger partial charge in [-0.15, -0.1) is 6.58 Å². The molecule has 1 unspecified atom stereocenters. The zero-order valence-electron chi connectivity index (χ0n) is 11.6. The van der Waals surface area contributed by atoms with Crippen LogP contribution in [0.5, 0.6) is 0 Å². The van der Waals surface area contributed by atoms with Crippen LogP contribution in [0.25, 0.3) is 0 Å². The van der Waals surface area contributed by atoms with Gasteiger partial charge in [0.1, 0.15) is 0 Å². The second kappa shape index (κ2) is 8.43. The highest BCUT2D eigenvalue weighted by Crippen LogP contribution is 2.38. The van der Waals surface area contributed by atoms with Gasteiger partial charge in [-0.25, -0.2) is 5.84 Å². The maximum absolute atomic E-state index is 13.3. The van der Waals surface area contributed by atoms with E-state index in [-0.39, 0.29) is 6.42 Å². The van der Waals surface area contributed by atoms with Crippen LogP contribution in [0.15, 0.2) is 49.6 Å². The van der Waals surface area contributed by atoms with Crippen molar-refractivity contribution in [2.45, 2.75) is 24.6 Å². The highest BCUT2D eigenvalue weighted by Gasteiger charge is 2.61. The second-order valence-electron chi connectivity index (χ2n) is 4.10. The average Bonchev–Trinajstić information content (AvgIpc) is 2.44. The van der Waals surface area contributed by atoms with E-state index in [9.17, 15) is 18.0 Å². The fraction of sp³-hybridized carbons (Fsp3) is 0.357. The lowest BCUT2D eigenvalue weighted by molar-refractivity contribution is -0.267. The van der Waals surface area contributed by atoms with E-state index < -0.39 is 30.7 Å². The summed E-state index contributed by atoms with van der Waals surface area (Å²) < 4.78 is 44.9. The summed E-state index contributed by atoms with van der Waals surface area (Å²) in [6.45, 7) is 9.77. The summed E-state index contributed by atoms with van der Waals surface area (Å²) in [5.41, 5.74) is -1.18. The topological polar surface area (TPSA) is 64.3 Å². The van der Waals surface area contributed by atoms with Crippen molar-refractivity contribution in [1.29, 1.82) is 0 Å².